The highest BCUT2D eigenvalue weighted by Crippen LogP contribution is 2.32. The van der Waals surface area contributed by atoms with Gasteiger partial charge in [-0.3, -0.25) is 19.5 Å². The predicted octanol–water partition coefficient (Wildman–Crippen LogP) is 0.198. The highest BCUT2D eigenvalue weighted by molar-refractivity contribution is 5.91. The maximum Gasteiger partial charge on any atom is 0.291 e. The molecule has 3 rings (SSSR count). The van der Waals surface area contributed by atoms with Crippen molar-refractivity contribution >= 4 is 17.7 Å². The molecule has 27 heavy (non-hydrogen) atoms. The lowest BCUT2D eigenvalue weighted by Gasteiger charge is -2.38. The molecule has 1 aromatic heterocycles. The first kappa shape index (κ1) is 19.1. The van der Waals surface area contributed by atoms with Gasteiger partial charge in [0.2, 0.25) is 17.6 Å². The molecule has 2 fully saturated rings. The molecule has 2 heterocycles. The van der Waals surface area contributed by atoms with Gasteiger partial charge in [-0.2, -0.15) is 5.10 Å². The molecule has 2 N–H and O–H groups in total. The van der Waals surface area contributed by atoms with Gasteiger partial charge in [-0.05, 0) is 12.8 Å². The van der Waals surface area contributed by atoms with Crippen molar-refractivity contribution < 1.29 is 14.4 Å². The van der Waals surface area contributed by atoms with Gasteiger partial charge in [-0.1, -0.05) is 18.9 Å². The largest absolute Gasteiger partial charge is 0.352 e. The summed E-state index contributed by atoms with van der Waals surface area (Å²) in [6.45, 7) is 5.86. The molecule has 9 heteroatoms. The van der Waals surface area contributed by atoms with Crippen LogP contribution >= 0.6 is 0 Å². The summed E-state index contributed by atoms with van der Waals surface area (Å²) >= 11 is 0. The molecule has 9 nitrogen and oxygen atoms in total. The average Bonchev–Trinajstić information content (AvgIpc) is 3.26. The third-order valence-electron chi connectivity index (χ3n) is 5.34. The molecule has 0 aromatic carbocycles. The second-order valence-corrected chi connectivity index (χ2v) is 6.98. The maximum absolute atomic E-state index is 13.0. The zero-order valence-electron chi connectivity index (χ0n) is 15.4. The third kappa shape index (κ3) is 4.35. The molecular formula is C18H26N6O3. The molecule has 3 amide bonds. The van der Waals surface area contributed by atoms with Gasteiger partial charge in [0, 0.05) is 44.6 Å². The van der Waals surface area contributed by atoms with E-state index in [1.54, 1.807) is 15.9 Å². The number of piperazine rings is 1. The summed E-state index contributed by atoms with van der Waals surface area (Å²) in [6.07, 6.45) is 6.35. The fourth-order valence-corrected chi connectivity index (χ4v) is 3.87. The van der Waals surface area contributed by atoms with E-state index in [1.807, 2.05) is 0 Å². The molecule has 0 spiro atoms. The average molecular weight is 374 g/mol. The summed E-state index contributed by atoms with van der Waals surface area (Å²) in [5, 5.41) is 9.10. The Morgan fingerprint density at radius 3 is 2.44 bits per heavy atom. The van der Waals surface area contributed by atoms with Crippen LogP contribution in [-0.4, -0.2) is 75.4 Å². The van der Waals surface area contributed by atoms with Crippen LogP contribution in [0.4, 0.5) is 0 Å². The van der Waals surface area contributed by atoms with E-state index in [4.69, 9.17) is 0 Å². The van der Waals surface area contributed by atoms with Gasteiger partial charge in [0.25, 0.3) is 5.91 Å². The van der Waals surface area contributed by atoms with Gasteiger partial charge in [0.1, 0.15) is 6.33 Å². The molecule has 1 aromatic rings. The summed E-state index contributed by atoms with van der Waals surface area (Å²) in [5.74, 6) is -0.590. The number of rotatable bonds is 5. The van der Waals surface area contributed by atoms with Crippen molar-refractivity contribution in [2.75, 3.05) is 32.7 Å². The van der Waals surface area contributed by atoms with Crippen LogP contribution in [0.3, 0.4) is 0 Å². The van der Waals surface area contributed by atoms with Crippen molar-refractivity contribution in [3.8, 4) is 0 Å². The molecule has 0 radical (unpaired) electrons. The zero-order chi connectivity index (χ0) is 19.2. The lowest BCUT2D eigenvalue weighted by molar-refractivity contribution is -0.144. The quantitative estimate of drug-likeness (QED) is 0.715. The van der Waals surface area contributed by atoms with Crippen LogP contribution in [0.2, 0.25) is 0 Å². The number of hydrogen-bond acceptors (Lipinski definition) is 5. The van der Waals surface area contributed by atoms with E-state index in [1.165, 1.54) is 6.33 Å². The Balaban J connectivity index is 1.58. The first-order valence-corrected chi connectivity index (χ1v) is 9.44. The lowest BCUT2D eigenvalue weighted by Crippen LogP contribution is -2.54. The summed E-state index contributed by atoms with van der Waals surface area (Å²) < 4.78 is 0. The summed E-state index contributed by atoms with van der Waals surface area (Å²) in [4.78, 5) is 45.1. The number of hydrogen-bond donors (Lipinski definition) is 2. The first-order chi connectivity index (χ1) is 13.1. The Hall–Kier alpha value is -2.71. The van der Waals surface area contributed by atoms with Gasteiger partial charge >= 0.3 is 0 Å². The normalized spacial score (nSPS) is 23.0. The SMILES string of the molecule is C=CCNC(=O)[C@@H]1CCCC[C@@H]1C(=O)N1CCN(C(=O)c2ncn[nH]2)CC1. The first-order valence-electron chi connectivity index (χ1n) is 9.44. The summed E-state index contributed by atoms with van der Waals surface area (Å²) in [7, 11) is 0. The van der Waals surface area contributed by atoms with E-state index in [2.05, 4.69) is 27.1 Å². The van der Waals surface area contributed by atoms with E-state index >= 15 is 0 Å². The van der Waals surface area contributed by atoms with Crippen molar-refractivity contribution in [1.82, 2.24) is 30.3 Å². The van der Waals surface area contributed by atoms with E-state index in [0.717, 1.165) is 25.7 Å². The van der Waals surface area contributed by atoms with Crippen molar-refractivity contribution in [3.63, 3.8) is 0 Å². The van der Waals surface area contributed by atoms with Gasteiger partial charge in [0.05, 0.1) is 0 Å². The van der Waals surface area contributed by atoms with Crippen LogP contribution in [0.5, 0.6) is 0 Å². The molecule has 2 aliphatic rings. The van der Waals surface area contributed by atoms with Crippen molar-refractivity contribution in [3.05, 3.63) is 24.8 Å². The minimum absolute atomic E-state index is 0.0280. The number of H-pyrrole nitrogens is 1. The number of nitrogens with one attached hydrogen (secondary N) is 2. The topological polar surface area (TPSA) is 111 Å². The fraction of sp³-hybridized carbons (Fsp3) is 0.611. The minimum atomic E-state index is -0.278. The second kappa shape index (κ2) is 8.79. The Kier molecular flexibility index (Phi) is 6.20. The zero-order valence-corrected chi connectivity index (χ0v) is 15.4. The van der Waals surface area contributed by atoms with Gasteiger partial charge in [-0.25, -0.2) is 4.98 Å². The molecule has 1 aliphatic carbocycles. The van der Waals surface area contributed by atoms with Crippen molar-refractivity contribution in [2.24, 2.45) is 11.8 Å². The van der Waals surface area contributed by atoms with Crippen LogP contribution in [0.25, 0.3) is 0 Å². The van der Waals surface area contributed by atoms with E-state index < -0.39 is 0 Å². The highest BCUT2D eigenvalue weighted by Gasteiger charge is 2.38. The van der Waals surface area contributed by atoms with Crippen LogP contribution in [0.15, 0.2) is 19.0 Å². The summed E-state index contributed by atoms with van der Waals surface area (Å²) in [6, 6.07) is 0. The minimum Gasteiger partial charge on any atom is -0.352 e. The highest BCUT2D eigenvalue weighted by atomic mass is 16.2. The number of aromatic amines is 1. The molecule has 146 valence electrons. The number of amides is 3. The number of aromatic nitrogens is 3. The van der Waals surface area contributed by atoms with Gasteiger partial charge in [-0.15, -0.1) is 6.58 Å². The Morgan fingerprint density at radius 2 is 1.81 bits per heavy atom. The van der Waals surface area contributed by atoms with E-state index in [9.17, 15) is 14.4 Å². The molecule has 0 unspecified atom stereocenters. The molecular weight excluding hydrogens is 348 g/mol. The Bertz CT molecular complexity index is 681. The monoisotopic (exact) mass is 374 g/mol. The van der Waals surface area contributed by atoms with Crippen LogP contribution in [0.1, 0.15) is 36.3 Å². The molecule has 1 aliphatic heterocycles. The van der Waals surface area contributed by atoms with Crippen LogP contribution in [-0.2, 0) is 9.59 Å². The summed E-state index contributed by atoms with van der Waals surface area (Å²) in [5.41, 5.74) is 0. The van der Waals surface area contributed by atoms with Gasteiger partial charge in [0.15, 0.2) is 0 Å². The number of carbonyl (C=O) groups excluding carboxylic acids is 3. The number of carbonyl (C=O) groups is 3. The predicted molar refractivity (Wildman–Crippen MR) is 97.5 cm³/mol. The standard InChI is InChI=1S/C18H26N6O3/c1-2-7-19-16(25)13-5-3-4-6-14(13)17(26)23-8-10-24(11-9-23)18(27)15-20-12-21-22-15/h2,12-14H,1,3-11H2,(H,19,25)(H,20,21,22)/t13-,14+/m1/s1. The lowest BCUT2D eigenvalue weighted by atomic mass is 9.77. The Labute approximate surface area is 158 Å². The molecule has 1 saturated carbocycles. The van der Waals surface area contributed by atoms with E-state index in [0.29, 0.717) is 32.7 Å². The van der Waals surface area contributed by atoms with Crippen LogP contribution < -0.4 is 5.32 Å². The molecule has 0 bridgehead atoms. The Morgan fingerprint density at radius 1 is 1.15 bits per heavy atom. The molecule has 2 atom stereocenters. The van der Waals surface area contributed by atoms with Crippen LogP contribution in [0, 0.1) is 11.8 Å². The smallest absolute Gasteiger partial charge is 0.291 e. The fourth-order valence-electron chi connectivity index (χ4n) is 3.87. The second-order valence-electron chi connectivity index (χ2n) is 6.98. The number of nitrogens with zero attached hydrogens (tertiary/aromatic N) is 4. The maximum atomic E-state index is 13.0. The van der Waals surface area contributed by atoms with Crippen molar-refractivity contribution in [1.29, 1.82) is 0 Å². The van der Waals surface area contributed by atoms with E-state index in [-0.39, 0.29) is 35.4 Å². The molecule has 1 saturated heterocycles. The van der Waals surface area contributed by atoms with Crippen molar-refractivity contribution in [2.45, 2.75) is 25.7 Å². The third-order valence-corrected chi connectivity index (χ3v) is 5.34. The van der Waals surface area contributed by atoms with Gasteiger partial charge < -0.3 is 15.1 Å².